The molecule has 6 nitrogen and oxygen atoms in total. The molecular formula is C31H25ClN2O4. The minimum Gasteiger partial charge on any atom is -0.496 e. The van der Waals surface area contributed by atoms with Crippen molar-refractivity contribution in [1.82, 2.24) is 5.32 Å². The van der Waals surface area contributed by atoms with Gasteiger partial charge in [0.2, 0.25) is 0 Å². The van der Waals surface area contributed by atoms with Gasteiger partial charge in [-0.2, -0.15) is 0 Å². The van der Waals surface area contributed by atoms with Crippen LogP contribution in [0.5, 0.6) is 11.5 Å². The van der Waals surface area contributed by atoms with Crippen LogP contribution in [0.15, 0.2) is 103 Å². The van der Waals surface area contributed by atoms with Crippen LogP contribution in [0.4, 0.5) is 5.69 Å². The Morgan fingerprint density at radius 2 is 1.66 bits per heavy atom. The van der Waals surface area contributed by atoms with Gasteiger partial charge in [0.15, 0.2) is 11.5 Å². The van der Waals surface area contributed by atoms with E-state index in [0.29, 0.717) is 35.1 Å². The number of methoxy groups -OCH3 is 1. The average molecular weight is 525 g/mol. The number of nitrogens with one attached hydrogen (secondary N) is 1. The maximum atomic E-state index is 13.4. The third-order valence-corrected chi connectivity index (χ3v) is 6.44. The predicted molar refractivity (Wildman–Crippen MR) is 148 cm³/mol. The van der Waals surface area contributed by atoms with Crippen molar-refractivity contribution in [2.45, 2.75) is 13.1 Å². The fraction of sp³-hybridized carbons (Fsp3) is 0.0968. The van der Waals surface area contributed by atoms with E-state index in [1.165, 1.54) is 0 Å². The van der Waals surface area contributed by atoms with Gasteiger partial charge in [-0.15, -0.1) is 0 Å². The third kappa shape index (κ3) is 5.56. The molecule has 1 N–H and O–H groups in total. The summed E-state index contributed by atoms with van der Waals surface area (Å²) in [5.74, 6) is 1.06. The molecule has 7 heteroatoms. The number of amides is 2. The zero-order valence-electron chi connectivity index (χ0n) is 20.7. The van der Waals surface area contributed by atoms with Gasteiger partial charge in [-0.05, 0) is 59.7 Å². The summed E-state index contributed by atoms with van der Waals surface area (Å²) < 4.78 is 11.3. The van der Waals surface area contributed by atoms with Crippen molar-refractivity contribution in [3.63, 3.8) is 0 Å². The number of hydrogen-bond acceptors (Lipinski definition) is 4. The number of anilines is 1. The van der Waals surface area contributed by atoms with Crippen LogP contribution in [0, 0.1) is 0 Å². The summed E-state index contributed by atoms with van der Waals surface area (Å²) in [5.41, 5.74) is 3.78. The molecule has 1 aliphatic rings. The highest BCUT2D eigenvalue weighted by atomic mass is 35.5. The van der Waals surface area contributed by atoms with Crippen molar-refractivity contribution < 1.29 is 19.1 Å². The van der Waals surface area contributed by atoms with Gasteiger partial charge in [0, 0.05) is 22.7 Å². The van der Waals surface area contributed by atoms with Crippen molar-refractivity contribution >= 4 is 35.2 Å². The summed E-state index contributed by atoms with van der Waals surface area (Å²) in [4.78, 5) is 27.8. The normalized spacial score (nSPS) is 13.6. The molecule has 0 bridgehead atoms. The zero-order valence-corrected chi connectivity index (χ0v) is 21.4. The quantitative estimate of drug-likeness (QED) is 0.290. The SMILES string of the molecule is COc1ccccc1CNC(=O)c1ccc(/C=C2\Oc3ccccc3N(Cc3ccc(Cl)cc3)C2=O)cc1. The number of nitrogens with zero attached hydrogens (tertiary/aromatic N) is 1. The van der Waals surface area contributed by atoms with Gasteiger partial charge in [0.1, 0.15) is 5.75 Å². The maximum Gasteiger partial charge on any atom is 0.294 e. The van der Waals surface area contributed by atoms with Crippen LogP contribution >= 0.6 is 11.6 Å². The largest absolute Gasteiger partial charge is 0.496 e. The van der Waals surface area contributed by atoms with Crippen LogP contribution < -0.4 is 19.7 Å². The van der Waals surface area contributed by atoms with Gasteiger partial charge >= 0.3 is 0 Å². The number of benzene rings is 4. The highest BCUT2D eigenvalue weighted by Gasteiger charge is 2.30. The van der Waals surface area contributed by atoms with Crippen LogP contribution in [0.2, 0.25) is 5.02 Å². The number of rotatable bonds is 7. The van der Waals surface area contributed by atoms with E-state index in [9.17, 15) is 9.59 Å². The Bertz CT molecular complexity index is 1500. The summed E-state index contributed by atoms with van der Waals surface area (Å²) in [6, 6.07) is 29.4. The highest BCUT2D eigenvalue weighted by molar-refractivity contribution is 6.30. The van der Waals surface area contributed by atoms with Gasteiger partial charge in [-0.3, -0.25) is 14.5 Å². The minimum absolute atomic E-state index is 0.200. The van der Waals surface area contributed by atoms with Crippen molar-refractivity contribution in [2.75, 3.05) is 12.0 Å². The van der Waals surface area contributed by atoms with Gasteiger partial charge < -0.3 is 14.8 Å². The molecule has 38 heavy (non-hydrogen) atoms. The maximum absolute atomic E-state index is 13.4. The number of ether oxygens (including phenoxy) is 2. The van der Waals surface area contributed by atoms with Crippen molar-refractivity contribution in [1.29, 1.82) is 0 Å². The lowest BCUT2D eigenvalue weighted by Gasteiger charge is -2.30. The van der Waals surface area contributed by atoms with Gasteiger partial charge in [0.25, 0.3) is 11.8 Å². The zero-order chi connectivity index (χ0) is 26.5. The Kier molecular flexibility index (Phi) is 7.43. The van der Waals surface area contributed by atoms with Crippen LogP contribution in [-0.2, 0) is 17.9 Å². The molecule has 0 aromatic heterocycles. The van der Waals surface area contributed by atoms with Crippen LogP contribution in [0.1, 0.15) is 27.0 Å². The lowest BCUT2D eigenvalue weighted by Crippen LogP contribution is -2.36. The first-order valence-electron chi connectivity index (χ1n) is 12.1. The summed E-state index contributed by atoms with van der Waals surface area (Å²) in [5, 5.41) is 3.55. The molecule has 0 saturated carbocycles. The van der Waals surface area contributed by atoms with E-state index >= 15 is 0 Å². The van der Waals surface area contributed by atoms with E-state index in [2.05, 4.69) is 5.32 Å². The molecule has 0 unspecified atom stereocenters. The van der Waals surface area contributed by atoms with Gasteiger partial charge in [0.05, 0.1) is 19.3 Å². The summed E-state index contributed by atoms with van der Waals surface area (Å²) in [6.45, 7) is 0.721. The molecule has 190 valence electrons. The Morgan fingerprint density at radius 3 is 2.42 bits per heavy atom. The molecule has 5 rings (SSSR count). The van der Waals surface area contributed by atoms with E-state index in [-0.39, 0.29) is 17.6 Å². The van der Waals surface area contributed by atoms with Crippen LogP contribution in [-0.4, -0.2) is 18.9 Å². The van der Waals surface area contributed by atoms with Crippen molar-refractivity contribution in [3.8, 4) is 11.5 Å². The minimum atomic E-state index is -0.253. The first kappa shape index (κ1) is 25.1. The number of halogens is 1. The highest BCUT2D eigenvalue weighted by Crippen LogP contribution is 2.36. The van der Waals surface area contributed by atoms with Crippen molar-refractivity contribution in [2.24, 2.45) is 0 Å². The van der Waals surface area contributed by atoms with Gasteiger partial charge in [-0.1, -0.05) is 66.2 Å². The molecule has 0 saturated heterocycles. The molecule has 0 spiro atoms. The van der Waals surface area contributed by atoms with E-state index in [0.717, 1.165) is 22.4 Å². The van der Waals surface area contributed by atoms with Gasteiger partial charge in [-0.25, -0.2) is 0 Å². The van der Waals surface area contributed by atoms with E-state index in [1.807, 2.05) is 60.7 Å². The van der Waals surface area contributed by atoms with E-state index < -0.39 is 0 Å². The lowest BCUT2D eigenvalue weighted by atomic mass is 10.1. The summed E-state index contributed by atoms with van der Waals surface area (Å²) >= 11 is 6.03. The first-order chi connectivity index (χ1) is 18.5. The molecule has 4 aromatic carbocycles. The number of carbonyl (C=O) groups is 2. The Hall–Kier alpha value is -4.55. The second kappa shape index (κ2) is 11.2. The van der Waals surface area contributed by atoms with E-state index in [1.54, 1.807) is 54.5 Å². The Labute approximate surface area is 226 Å². The molecule has 0 fully saturated rings. The summed E-state index contributed by atoms with van der Waals surface area (Å²) in [7, 11) is 1.60. The monoisotopic (exact) mass is 524 g/mol. The number of fused-ring (bicyclic) bond motifs is 1. The molecule has 1 aliphatic heterocycles. The third-order valence-electron chi connectivity index (χ3n) is 6.19. The smallest absolute Gasteiger partial charge is 0.294 e. The fourth-order valence-corrected chi connectivity index (χ4v) is 4.33. The predicted octanol–water partition coefficient (Wildman–Crippen LogP) is 6.25. The Balaban J connectivity index is 1.32. The van der Waals surface area contributed by atoms with E-state index in [4.69, 9.17) is 21.1 Å². The molecule has 1 heterocycles. The standard InChI is InChI=1S/C31H25ClN2O4/c1-37-27-8-4-2-6-24(27)19-33-30(35)23-14-10-21(11-15-23)18-29-31(36)34(20-22-12-16-25(32)17-13-22)26-7-3-5-9-28(26)38-29/h2-18H,19-20H2,1H3,(H,33,35)/b29-18-. The second-order valence-corrected chi connectivity index (χ2v) is 9.15. The number of hydrogen-bond donors (Lipinski definition) is 1. The molecular weight excluding hydrogens is 500 g/mol. The molecule has 4 aromatic rings. The second-order valence-electron chi connectivity index (χ2n) is 8.71. The molecule has 0 atom stereocenters. The number of para-hydroxylation sites is 3. The molecule has 0 radical (unpaired) electrons. The average Bonchev–Trinajstić information content (AvgIpc) is 2.95. The van der Waals surface area contributed by atoms with Crippen LogP contribution in [0.25, 0.3) is 6.08 Å². The Morgan fingerprint density at radius 1 is 0.947 bits per heavy atom. The number of carbonyl (C=O) groups excluding carboxylic acids is 2. The fourth-order valence-electron chi connectivity index (χ4n) is 4.20. The first-order valence-corrected chi connectivity index (χ1v) is 12.4. The summed E-state index contributed by atoms with van der Waals surface area (Å²) in [6.07, 6.45) is 1.68. The molecule has 0 aliphatic carbocycles. The lowest BCUT2D eigenvalue weighted by molar-refractivity contribution is -0.117. The topological polar surface area (TPSA) is 67.9 Å². The molecule has 2 amide bonds. The van der Waals surface area contributed by atoms with Crippen molar-refractivity contribution in [3.05, 3.63) is 130 Å². The van der Waals surface area contributed by atoms with Crippen LogP contribution in [0.3, 0.4) is 0 Å².